The molecule has 3 rings (SSSR count). The van der Waals surface area contributed by atoms with Gasteiger partial charge in [-0.3, -0.25) is 4.79 Å². The van der Waals surface area contributed by atoms with Crippen LogP contribution in [0.25, 0.3) is 11.0 Å². The summed E-state index contributed by atoms with van der Waals surface area (Å²) in [7, 11) is 0. The molecule has 0 aliphatic heterocycles. The largest absolute Gasteiger partial charge is 0.484 e. The van der Waals surface area contributed by atoms with Gasteiger partial charge in [-0.05, 0) is 49.2 Å². The molecular formula is C23H26ClN3O2. The molecule has 6 heteroatoms. The van der Waals surface area contributed by atoms with Gasteiger partial charge in [0.25, 0.3) is 5.91 Å². The predicted molar refractivity (Wildman–Crippen MR) is 117 cm³/mol. The highest BCUT2D eigenvalue weighted by molar-refractivity contribution is 6.30. The van der Waals surface area contributed by atoms with Crippen molar-refractivity contribution in [3.63, 3.8) is 0 Å². The number of para-hydroxylation sites is 2. The number of carbonyl (C=O) groups excluding carboxylic acids is 1. The molecule has 1 amide bonds. The molecule has 0 aliphatic rings. The van der Waals surface area contributed by atoms with Gasteiger partial charge in [-0.15, -0.1) is 6.58 Å². The number of nitrogens with one attached hydrogen (secondary N) is 1. The Morgan fingerprint density at radius 3 is 2.72 bits per heavy atom. The van der Waals surface area contributed by atoms with Crippen LogP contribution in [-0.4, -0.2) is 28.6 Å². The number of fused-ring (bicyclic) bond motifs is 1. The molecule has 3 aromatic rings. The van der Waals surface area contributed by atoms with Crippen molar-refractivity contribution in [2.75, 3.05) is 13.2 Å². The maximum absolute atomic E-state index is 11.9. The fourth-order valence-electron chi connectivity index (χ4n) is 3.19. The number of hydrogen-bond acceptors (Lipinski definition) is 3. The molecule has 0 atom stereocenters. The lowest BCUT2D eigenvalue weighted by atomic mass is 10.2. The summed E-state index contributed by atoms with van der Waals surface area (Å²) >= 11 is 5.82. The van der Waals surface area contributed by atoms with Crippen molar-refractivity contribution in [1.29, 1.82) is 0 Å². The zero-order chi connectivity index (χ0) is 20.5. The van der Waals surface area contributed by atoms with Crippen molar-refractivity contribution in [1.82, 2.24) is 14.9 Å². The quantitative estimate of drug-likeness (QED) is 0.364. The Bertz CT molecular complexity index is 950. The standard InChI is InChI=1S/C23H26ClN3O2/c1-2-16-27-21-9-6-5-8-20(21)26-22(27)10-4-3-7-15-25-23(28)17-29-19-13-11-18(24)12-14-19/h2,5-6,8-9,11-14H,1,3-4,7,10,15-17H2,(H,25,28). The number of hydrogen-bond donors (Lipinski definition) is 1. The summed E-state index contributed by atoms with van der Waals surface area (Å²) in [4.78, 5) is 16.6. The molecule has 2 aromatic carbocycles. The van der Waals surface area contributed by atoms with E-state index in [1.807, 2.05) is 24.3 Å². The molecule has 0 spiro atoms. The van der Waals surface area contributed by atoms with Crippen molar-refractivity contribution in [2.24, 2.45) is 0 Å². The fourth-order valence-corrected chi connectivity index (χ4v) is 3.32. The first-order valence-corrected chi connectivity index (χ1v) is 10.3. The van der Waals surface area contributed by atoms with Gasteiger partial charge < -0.3 is 14.6 Å². The van der Waals surface area contributed by atoms with E-state index >= 15 is 0 Å². The topological polar surface area (TPSA) is 56.2 Å². The molecule has 1 heterocycles. The first-order chi connectivity index (χ1) is 14.2. The second kappa shape index (κ2) is 10.7. The van der Waals surface area contributed by atoms with Gasteiger partial charge in [0.05, 0.1) is 11.0 Å². The molecule has 152 valence electrons. The lowest BCUT2D eigenvalue weighted by Crippen LogP contribution is -2.29. The lowest BCUT2D eigenvalue weighted by molar-refractivity contribution is -0.123. The van der Waals surface area contributed by atoms with Crippen LogP contribution in [0.15, 0.2) is 61.2 Å². The maximum atomic E-state index is 11.9. The molecule has 5 nitrogen and oxygen atoms in total. The highest BCUT2D eigenvalue weighted by Gasteiger charge is 2.09. The number of nitrogens with zero attached hydrogens (tertiary/aromatic N) is 2. The van der Waals surface area contributed by atoms with Crippen LogP contribution >= 0.6 is 11.6 Å². The number of aromatic nitrogens is 2. The van der Waals surface area contributed by atoms with E-state index in [2.05, 4.69) is 22.5 Å². The third-order valence-electron chi connectivity index (χ3n) is 4.63. The highest BCUT2D eigenvalue weighted by atomic mass is 35.5. The number of benzene rings is 2. The van der Waals surface area contributed by atoms with E-state index in [9.17, 15) is 4.79 Å². The number of halogens is 1. The zero-order valence-corrected chi connectivity index (χ0v) is 17.2. The minimum atomic E-state index is -0.118. The Morgan fingerprint density at radius 1 is 1.14 bits per heavy atom. The molecule has 0 saturated carbocycles. The second-order valence-corrected chi connectivity index (χ2v) is 7.26. The lowest BCUT2D eigenvalue weighted by Gasteiger charge is -2.08. The molecule has 0 saturated heterocycles. The minimum Gasteiger partial charge on any atom is -0.484 e. The van der Waals surface area contributed by atoms with Gasteiger partial charge in [0.2, 0.25) is 0 Å². The monoisotopic (exact) mass is 411 g/mol. The SMILES string of the molecule is C=CCn1c(CCCCCNC(=O)COc2ccc(Cl)cc2)nc2ccccc21. The van der Waals surface area contributed by atoms with E-state index in [0.29, 0.717) is 17.3 Å². The summed E-state index contributed by atoms with van der Waals surface area (Å²) in [6, 6.07) is 15.1. The van der Waals surface area contributed by atoms with Crippen LogP contribution in [0.1, 0.15) is 25.1 Å². The van der Waals surface area contributed by atoms with Gasteiger partial charge in [-0.1, -0.05) is 36.2 Å². The van der Waals surface area contributed by atoms with Crippen LogP contribution in [0.5, 0.6) is 5.75 Å². The number of aryl methyl sites for hydroxylation is 1. The average Bonchev–Trinajstić information content (AvgIpc) is 3.08. The van der Waals surface area contributed by atoms with Crippen LogP contribution in [-0.2, 0) is 17.8 Å². The van der Waals surface area contributed by atoms with Gasteiger partial charge in [-0.2, -0.15) is 0 Å². The van der Waals surface area contributed by atoms with Crippen LogP contribution in [0, 0.1) is 0 Å². The van der Waals surface area contributed by atoms with Crippen molar-refractivity contribution in [2.45, 2.75) is 32.2 Å². The summed E-state index contributed by atoms with van der Waals surface area (Å²) in [6.07, 6.45) is 5.79. The van der Waals surface area contributed by atoms with Crippen LogP contribution in [0.2, 0.25) is 5.02 Å². The molecule has 29 heavy (non-hydrogen) atoms. The van der Waals surface area contributed by atoms with E-state index in [4.69, 9.17) is 21.3 Å². The third kappa shape index (κ3) is 6.09. The van der Waals surface area contributed by atoms with E-state index in [1.165, 1.54) is 0 Å². The van der Waals surface area contributed by atoms with Gasteiger partial charge in [0.15, 0.2) is 6.61 Å². The van der Waals surface area contributed by atoms with Gasteiger partial charge in [-0.25, -0.2) is 4.98 Å². The number of rotatable bonds is 11. The van der Waals surface area contributed by atoms with E-state index in [1.54, 1.807) is 24.3 Å². The molecular weight excluding hydrogens is 386 g/mol. The number of unbranched alkanes of at least 4 members (excludes halogenated alkanes) is 2. The van der Waals surface area contributed by atoms with E-state index in [0.717, 1.165) is 49.1 Å². The summed E-state index contributed by atoms with van der Waals surface area (Å²) in [5.74, 6) is 1.60. The highest BCUT2D eigenvalue weighted by Crippen LogP contribution is 2.18. The summed E-state index contributed by atoms with van der Waals surface area (Å²) < 4.78 is 7.65. The zero-order valence-electron chi connectivity index (χ0n) is 16.4. The summed E-state index contributed by atoms with van der Waals surface area (Å²) in [5, 5.41) is 3.53. The molecule has 0 unspecified atom stereocenters. The van der Waals surface area contributed by atoms with Gasteiger partial charge in [0.1, 0.15) is 11.6 Å². The third-order valence-corrected chi connectivity index (χ3v) is 4.88. The van der Waals surface area contributed by atoms with Crippen molar-refractivity contribution in [3.05, 3.63) is 72.0 Å². The van der Waals surface area contributed by atoms with E-state index < -0.39 is 0 Å². The van der Waals surface area contributed by atoms with Crippen LogP contribution in [0.3, 0.4) is 0 Å². The number of ether oxygens (including phenoxy) is 1. The van der Waals surface area contributed by atoms with E-state index in [-0.39, 0.29) is 12.5 Å². The Balaban J connectivity index is 1.35. The number of carbonyl (C=O) groups is 1. The summed E-state index contributed by atoms with van der Waals surface area (Å²) in [5.41, 5.74) is 2.17. The molecule has 0 bridgehead atoms. The number of allylic oxidation sites excluding steroid dienone is 1. The fraction of sp³-hybridized carbons (Fsp3) is 0.304. The normalized spacial score (nSPS) is 10.8. The molecule has 0 radical (unpaired) electrons. The Kier molecular flexibility index (Phi) is 7.70. The van der Waals surface area contributed by atoms with Crippen molar-refractivity contribution >= 4 is 28.5 Å². The van der Waals surface area contributed by atoms with Crippen molar-refractivity contribution in [3.8, 4) is 5.75 Å². The maximum Gasteiger partial charge on any atom is 0.257 e. The Labute approximate surface area is 176 Å². The Morgan fingerprint density at radius 2 is 1.93 bits per heavy atom. The second-order valence-electron chi connectivity index (χ2n) is 6.82. The first-order valence-electron chi connectivity index (χ1n) is 9.87. The minimum absolute atomic E-state index is 0.00715. The molecule has 1 N–H and O–H groups in total. The van der Waals surface area contributed by atoms with Crippen LogP contribution in [0.4, 0.5) is 0 Å². The first kappa shape index (κ1) is 20.9. The predicted octanol–water partition coefficient (Wildman–Crippen LogP) is 4.78. The van der Waals surface area contributed by atoms with Crippen LogP contribution < -0.4 is 10.1 Å². The molecule has 1 aromatic heterocycles. The van der Waals surface area contributed by atoms with Gasteiger partial charge in [0, 0.05) is 24.5 Å². The molecule has 0 aliphatic carbocycles. The Hall–Kier alpha value is -2.79. The number of amides is 1. The molecule has 0 fully saturated rings. The van der Waals surface area contributed by atoms with Crippen molar-refractivity contribution < 1.29 is 9.53 Å². The number of imidazole rings is 1. The summed E-state index contributed by atoms with van der Waals surface area (Å²) in [6.45, 7) is 5.27. The average molecular weight is 412 g/mol. The smallest absolute Gasteiger partial charge is 0.257 e. The van der Waals surface area contributed by atoms with Gasteiger partial charge >= 0.3 is 0 Å².